The van der Waals surface area contributed by atoms with Gasteiger partial charge in [0.2, 0.25) is 0 Å². The van der Waals surface area contributed by atoms with E-state index in [9.17, 15) is 13.2 Å². The molecular formula is C10H9BrF3N. The second-order valence-corrected chi connectivity index (χ2v) is 4.74. The molecule has 1 atom stereocenters. The summed E-state index contributed by atoms with van der Waals surface area (Å²) in [7, 11) is 0. The van der Waals surface area contributed by atoms with Crippen molar-refractivity contribution < 1.29 is 13.2 Å². The molecule has 1 aromatic rings. The zero-order valence-electron chi connectivity index (χ0n) is 7.74. The number of benzene rings is 1. The number of hydrogen-bond donors (Lipinski definition) is 1. The zero-order valence-corrected chi connectivity index (χ0v) is 9.32. The lowest BCUT2D eigenvalue weighted by Gasteiger charge is -2.14. The zero-order chi connectivity index (χ0) is 11.3. The van der Waals surface area contributed by atoms with Crippen molar-refractivity contribution in [1.82, 2.24) is 0 Å². The highest BCUT2D eigenvalue weighted by molar-refractivity contribution is 9.10. The molecule has 15 heavy (non-hydrogen) atoms. The quantitative estimate of drug-likeness (QED) is 0.885. The van der Waals surface area contributed by atoms with Crippen molar-refractivity contribution in [1.29, 1.82) is 0 Å². The van der Waals surface area contributed by atoms with Crippen LogP contribution in [0.3, 0.4) is 0 Å². The molecule has 1 fully saturated rings. The third-order valence-corrected chi connectivity index (χ3v) is 3.32. The van der Waals surface area contributed by atoms with Gasteiger partial charge in [0.05, 0.1) is 5.41 Å². The Morgan fingerprint density at radius 3 is 2.33 bits per heavy atom. The standard InChI is InChI=1S/C10H9BrF3N/c11-7-1-6(2-8(12)3-7)9(5-15)4-10(9,13)14/h1-3H,4-5,15H2. The van der Waals surface area contributed by atoms with Crippen molar-refractivity contribution in [3.63, 3.8) is 0 Å². The molecule has 1 saturated carbocycles. The van der Waals surface area contributed by atoms with E-state index in [0.29, 0.717) is 4.47 Å². The molecule has 1 unspecified atom stereocenters. The van der Waals surface area contributed by atoms with Crippen LogP contribution in [-0.4, -0.2) is 12.5 Å². The lowest BCUT2D eigenvalue weighted by Crippen LogP contribution is -2.26. The first-order valence-electron chi connectivity index (χ1n) is 4.46. The van der Waals surface area contributed by atoms with Gasteiger partial charge < -0.3 is 5.73 Å². The Balaban J connectivity index is 2.46. The largest absolute Gasteiger partial charge is 0.329 e. The summed E-state index contributed by atoms with van der Waals surface area (Å²) in [6, 6.07) is 3.85. The predicted molar refractivity (Wildman–Crippen MR) is 54.4 cm³/mol. The van der Waals surface area contributed by atoms with Crippen molar-refractivity contribution in [2.45, 2.75) is 17.8 Å². The van der Waals surface area contributed by atoms with E-state index in [0.717, 1.165) is 6.07 Å². The van der Waals surface area contributed by atoms with Crippen molar-refractivity contribution in [3.8, 4) is 0 Å². The van der Waals surface area contributed by atoms with Gasteiger partial charge in [0, 0.05) is 17.4 Å². The monoisotopic (exact) mass is 279 g/mol. The number of hydrogen-bond acceptors (Lipinski definition) is 1. The van der Waals surface area contributed by atoms with Crippen LogP contribution in [0.5, 0.6) is 0 Å². The first-order valence-corrected chi connectivity index (χ1v) is 5.25. The fourth-order valence-corrected chi connectivity index (χ4v) is 2.28. The molecule has 0 aromatic heterocycles. The minimum Gasteiger partial charge on any atom is -0.329 e. The highest BCUT2D eigenvalue weighted by Gasteiger charge is 2.71. The molecule has 2 N–H and O–H groups in total. The fraction of sp³-hybridized carbons (Fsp3) is 0.400. The van der Waals surface area contributed by atoms with E-state index < -0.39 is 17.2 Å². The summed E-state index contributed by atoms with van der Waals surface area (Å²) in [4.78, 5) is 0. The molecule has 0 aliphatic heterocycles. The van der Waals surface area contributed by atoms with Gasteiger partial charge >= 0.3 is 0 Å². The van der Waals surface area contributed by atoms with E-state index in [1.54, 1.807) is 0 Å². The van der Waals surface area contributed by atoms with Gasteiger partial charge in [-0.1, -0.05) is 15.9 Å². The van der Waals surface area contributed by atoms with Gasteiger partial charge in [-0.15, -0.1) is 0 Å². The highest BCUT2D eigenvalue weighted by atomic mass is 79.9. The first kappa shape index (κ1) is 11.0. The molecule has 0 heterocycles. The molecule has 0 saturated heterocycles. The molecule has 0 spiro atoms. The summed E-state index contributed by atoms with van der Waals surface area (Å²) in [5.74, 6) is -3.34. The fourth-order valence-electron chi connectivity index (χ4n) is 1.82. The van der Waals surface area contributed by atoms with Crippen LogP contribution >= 0.6 is 15.9 Å². The van der Waals surface area contributed by atoms with Crippen molar-refractivity contribution >= 4 is 15.9 Å². The number of rotatable bonds is 2. The van der Waals surface area contributed by atoms with Crippen LogP contribution in [0.1, 0.15) is 12.0 Å². The highest BCUT2D eigenvalue weighted by Crippen LogP contribution is 2.61. The van der Waals surface area contributed by atoms with Crippen LogP contribution in [0, 0.1) is 5.82 Å². The summed E-state index contributed by atoms with van der Waals surface area (Å²) in [5, 5.41) is 0. The summed E-state index contributed by atoms with van der Waals surface area (Å²) < 4.78 is 39.9. The molecule has 5 heteroatoms. The van der Waals surface area contributed by atoms with Gasteiger partial charge in [0.15, 0.2) is 0 Å². The number of alkyl halides is 2. The van der Waals surface area contributed by atoms with Gasteiger partial charge in [0.25, 0.3) is 5.92 Å². The van der Waals surface area contributed by atoms with E-state index >= 15 is 0 Å². The molecule has 1 aliphatic rings. The Hall–Kier alpha value is -0.550. The van der Waals surface area contributed by atoms with Crippen LogP contribution in [0.2, 0.25) is 0 Å². The SMILES string of the molecule is NCC1(c2cc(F)cc(Br)c2)CC1(F)F. The molecule has 1 aliphatic carbocycles. The molecule has 0 bridgehead atoms. The van der Waals surface area contributed by atoms with Crippen LogP contribution in [0.25, 0.3) is 0 Å². The van der Waals surface area contributed by atoms with Crippen molar-refractivity contribution in [3.05, 3.63) is 34.1 Å². The summed E-state index contributed by atoms with van der Waals surface area (Å²) in [6.07, 6.45) is -0.299. The summed E-state index contributed by atoms with van der Waals surface area (Å²) in [6.45, 7) is -0.171. The normalized spacial score (nSPS) is 27.8. The maximum Gasteiger partial charge on any atom is 0.260 e. The average molecular weight is 280 g/mol. The Kier molecular flexibility index (Phi) is 2.35. The molecular weight excluding hydrogens is 271 g/mol. The number of nitrogens with two attached hydrogens (primary N) is 1. The minimum atomic E-state index is -2.81. The maximum atomic E-state index is 13.2. The second-order valence-electron chi connectivity index (χ2n) is 3.83. The molecule has 2 rings (SSSR count). The van der Waals surface area contributed by atoms with Gasteiger partial charge in [-0.2, -0.15) is 0 Å². The predicted octanol–water partition coefficient (Wildman–Crippen LogP) is 2.82. The molecule has 0 radical (unpaired) electrons. The number of halogens is 4. The molecule has 1 aromatic carbocycles. The van der Waals surface area contributed by atoms with E-state index in [1.165, 1.54) is 12.1 Å². The Morgan fingerprint density at radius 2 is 1.93 bits per heavy atom. The molecule has 1 nitrogen and oxygen atoms in total. The first-order chi connectivity index (χ1) is 6.91. The van der Waals surface area contributed by atoms with Crippen LogP contribution in [0.4, 0.5) is 13.2 Å². The van der Waals surface area contributed by atoms with E-state index in [1.807, 2.05) is 0 Å². The third kappa shape index (κ3) is 1.58. The van der Waals surface area contributed by atoms with Crippen molar-refractivity contribution in [2.75, 3.05) is 6.54 Å². The lowest BCUT2D eigenvalue weighted by atomic mass is 9.95. The van der Waals surface area contributed by atoms with E-state index in [2.05, 4.69) is 15.9 Å². The minimum absolute atomic E-state index is 0.171. The molecule has 0 amide bonds. The van der Waals surface area contributed by atoms with Gasteiger partial charge in [-0.05, 0) is 23.8 Å². The smallest absolute Gasteiger partial charge is 0.260 e. The van der Waals surface area contributed by atoms with E-state index in [-0.39, 0.29) is 18.5 Å². The third-order valence-electron chi connectivity index (χ3n) is 2.86. The lowest BCUT2D eigenvalue weighted by molar-refractivity contribution is 0.0895. The summed E-state index contributed by atoms with van der Waals surface area (Å²) >= 11 is 3.07. The summed E-state index contributed by atoms with van der Waals surface area (Å²) in [5.41, 5.74) is 4.26. The van der Waals surface area contributed by atoms with Gasteiger partial charge in [0.1, 0.15) is 5.82 Å². The Labute approximate surface area is 93.6 Å². The Morgan fingerprint density at radius 1 is 1.33 bits per heavy atom. The molecule has 82 valence electrons. The maximum absolute atomic E-state index is 13.2. The van der Waals surface area contributed by atoms with Gasteiger partial charge in [-0.3, -0.25) is 0 Å². The van der Waals surface area contributed by atoms with Crippen molar-refractivity contribution in [2.24, 2.45) is 5.73 Å². The van der Waals surface area contributed by atoms with Crippen LogP contribution in [0.15, 0.2) is 22.7 Å². The van der Waals surface area contributed by atoms with Crippen LogP contribution < -0.4 is 5.73 Å². The Bertz CT molecular complexity index is 387. The average Bonchev–Trinajstić information content (AvgIpc) is 2.68. The van der Waals surface area contributed by atoms with E-state index in [4.69, 9.17) is 5.73 Å². The second kappa shape index (κ2) is 3.22. The topological polar surface area (TPSA) is 26.0 Å². The van der Waals surface area contributed by atoms with Gasteiger partial charge in [-0.25, -0.2) is 13.2 Å². The van der Waals surface area contributed by atoms with Crippen LogP contribution in [-0.2, 0) is 5.41 Å².